The molecule has 0 saturated heterocycles. The summed E-state index contributed by atoms with van der Waals surface area (Å²) in [4.78, 5) is 11.5. The number of carbonyl (C=O) groups is 1. The van der Waals surface area contributed by atoms with Crippen LogP contribution in [0.2, 0.25) is 0 Å². The van der Waals surface area contributed by atoms with Crippen LogP contribution in [0.25, 0.3) is 0 Å². The second-order valence-electron chi connectivity index (χ2n) is 4.21. The van der Waals surface area contributed by atoms with Gasteiger partial charge in [-0.1, -0.05) is 0 Å². The van der Waals surface area contributed by atoms with Gasteiger partial charge in [-0.15, -0.1) is 0 Å². The Morgan fingerprint density at radius 1 is 1.29 bits per heavy atom. The van der Waals surface area contributed by atoms with Crippen LogP contribution in [0.4, 0.5) is 0 Å². The second-order valence-corrected chi connectivity index (χ2v) is 4.21. The van der Waals surface area contributed by atoms with Crippen molar-refractivity contribution in [2.45, 2.75) is 32.4 Å². The maximum Gasteiger partial charge on any atom is 0.312 e. The van der Waals surface area contributed by atoms with Gasteiger partial charge >= 0.3 is 5.97 Å². The quantitative estimate of drug-likeness (QED) is 0.787. The predicted molar refractivity (Wildman–Crippen MR) is 64.5 cm³/mol. The van der Waals surface area contributed by atoms with E-state index < -0.39 is 0 Å². The van der Waals surface area contributed by atoms with Gasteiger partial charge in [0.15, 0.2) is 0 Å². The van der Waals surface area contributed by atoms with E-state index in [1.807, 2.05) is 38.1 Å². The van der Waals surface area contributed by atoms with Gasteiger partial charge in [-0.3, -0.25) is 4.79 Å². The van der Waals surface area contributed by atoms with Crippen molar-refractivity contribution in [3.8, 4) is 5.75 Å². The Labute approximate surface area is 102 Å². The molecule has 0 aliphatic heterocycles. The van der Waals surface area contributed by atoms with E-state index in [1.54, 1.807) is 7.11 Å². The molecule has 1 aromatic rings. The van der Waals surface area contributed by atoms with Crippen LogP contribution in [0.15, 0.2) is 24.3 Å². The van der Waals surface area contributed by atoms with E-state index in [0.717, 1.165) is 11.3 Å². The summed E-state index contributed by atoms with van der Waals surface area (Å²) in [6.07, 6.45) is 0.218. The van der Waals surface area contributed by atoms with Crippen molar-refractivity contribution in [1.82, 2.24) is 0 Å². The molecule has 0 unspecified atom stereocenters. The Bertz CT molecular complexity index is 359. The van der Waals surface area contributed by atoms with Crippen LogP contribution >= 0.6 is 0 Å². The van der Waals surface area contributed by atoms with Crippen LogP contribution < -0.4 is 10.5 Å². The van der Waals surface area contributed by atoms with Gasteiger partial charge in [0, 0.05) is 5.56 Å². The van der Waals surface area contributed by atoms with E-state index in [0.29, 0.717) is 6.42 Å². The van der Waals surface area contributed by atoms with Crippen LogP contribution in [0.3, 0.4) is 0 Å². The van der Waals surface area contributed by atoms with Crippen LogP contribution in [-0.4, -0.2) is 19.2 Å². The SMILES string of the molecule is COc1ccc([C@H]([NH3+])CC(=O)OC(C)C)cc1. The summed E-state index contributed by atoms with van der Waals surface area (Å²) in [5.41, 5.74) is 4.98. The molecule has 1 rings (SSSR count). The molecule has 17 heavy (non-hydrogen) atoms. The van der Waals surface area contributed by atoms with Gasteiger partial charge in [0.2, 0.25) is 0 Å². The Kier molecular flexibility index (Phi) is 4.97. The van der Waals surface area contributed by atoms with Gasteiger partial charge < -0.3 is 15.2 Å². The van der Waals surface area contributed by atoms with Gasteiger partial charge in [-0.25, -0.2) is 0 Å². The highest BCUT2D eigenvalue weighted by atomic mass is 16.5. The molecule has 0 aliphatic rings. The summed E-state index contributed by atoms with van der Waals surface area (Å²) < 4.78 is 10.2. The van der Waals surface area contributed by atoms with Crippen molar-refractivity contribution in [2.75, 3.05) is 7.11 Å². The number of esters is 1. The Morgan fingerprint density at radius 2 is 1.88 bits per heavy atom. The molecule has 0 heterocycles. The van der Waals surface area contributed by atoms with Gasteiger partial charge in [0.1, 0.15) is 18.2 Å². The number of benzene rings is 1. The Balaban J connectivity index is 2.56. The van der Waals surface area contributed by atoms with Crippen molar-refractivity contribution in [1.29, 1.82) is 0 Å². The number of quaternary nitrogens is 1. The molecule has 0 saturated carbocycles. The highest BCUT2D eigenvalue weighted by Gasteiger charge is 2.16. The molecule has 4 heteroatoms. The fourth-order valence-electron chi connectivity index (χ4n) is 1.51. The highest BCUT2D eigenvalue weighted by Crippen LogP contribution is 2.17. The summed E-state index contributed by atoms with van der Waals surface area (Å²) in [5, 5.41) is 0. The first-order chi connectivity index (χ1) is 8.02. The molecule has 0 radical (unpaired) electrons. The molecule has 3 N–H and O–H groups in total. The lowest BCUT2D eigenvalue weighted by Crippen LogP contribution is -2.54. The normalized spacial score (nSPS) is 12.3. The largest absolute Gasteiger partial charge is 0.497 e. The first kappa shape index (κ1) is 13.5. The first-order valence-corrected chi connectivity index (χ1v) is 5.69. The maximum atomic E-state index is 11.5. The van der Waals surface area contributed by atoms with E-state index in [4.69, 9.17) is 9.47 Å². The van der Waals surface area contributed by atoms with Gasteiger partial charge in [-0.05, 0) is 38.1 Å². The third-order valence-electron chi connectivity index (χ3n) is 2.37. The van der Waals surface area contributed by atoms with Gasteiger partial charge in [0.25, 0.3) is 0 Å². The van der Waals surface area contributed by atoms with Crippen molar-refractivity contribution in [3.05, 3.63) is 29.8 Å². The molecule has 94 valence electrons. The van der Waals surface area contributed by atoms with Crippen LogP contribution in [-0.2, 0) is 9.53 Å². The minimum atomic E-state index is -0.212. The summed E-state index contributed by atoms with van der Waals surface area (Å²) in [7, 11) is 1.62. The molecule has 0 amide bonds. The maximum absolute atomic E-state index is 11.5. The predicted octanol–water partition coefficient (Wildman–Crippen LogP) is 1.32. The lowest BCUT2D eigenvalue weighted by Gasteiger charge is -2.11. The number of methoxy groups -OCH3 is 1. The third kappa shape index (κ3) is 4.44. The first-order valence-electron chi connectivity index (χ1n) is 5.69. The molecule has 0 spiro atoms. The second kappa shape index (κ2) is 6.25. The summed E-state index contributed by atoms with van der Waals surface area (Å²) in [6, 6.07) is 7.47. The van der Waals surface area contributed by atoms with Crippen molar-refractivity contribution < 1.29 is 20.0 Å². The average Bonchev–Trinajstić information content (AvgIpc) is 2.28. The lowest BCUT2D eigenvalue weighted by molar-refractivity contribution is -0.425. The van der Waals surface area contributed by atoms with Crippen molar-refractivity contribution >= 4 is 5.97 Å². The van der Waals surface area contributed by atoms with Gasteiger partial charge in [-0.2, -0.15) is 0 Å². The number of ether oxygens (including phenoxy) is 2. The van der Waals surface area contributed by atoms with Crippen LogP contribution in [0.1, 0.15) is 31.9 Å². The summed E-state index contributed by atoms with van der Waals surface area (Å²) in [6.45, 7) is 3.67. The topological polar surface area (TPSA) is 63.2 Å². The standard InChI is InChI=1S/C13H19NO3/c1-9(2)17-13(15)8-12(14)10-4-6-11(16-3)7-5-10/h4-7,9,12H,8,14H2,1-3H3/p+1/t12-/m1/s1. The number of hydrogen-bond donors (Lipinski definition) is 1. The minimum absolute atomic E-state index is 0.0782. The van der Waals surface area contributed by atoms with Gasteiger partial charge in [0.05, 0.1) is 13.2 Å². The summed E-state index contributed by atoms with van der Waals surface area (Å²) >= 11 is 0. The molecular formula is C13H20NO3+. The zero-order valence-corrected chi connectivity index (χ0v) is 10.6. The zero-order chi connectivity index (χ0) is 12.8. The molecule has 1 atom stereocenters. The van der Waals surface area contributed by atoms with E-state index in [-0.39, 0.29) is 18.1 Å². The molecule has 0 bridgehead atoms. The Hall–Kier alpha value is -1.55. The van der Waals surface area contributed by atoms with Crippen molar-refractivity contribution in [2.24, 2.45) is 0 Å². The van der Waals surface area contributed by atoms with E-state index in [2.05, 4.69) is 5.73 Å². The van der Waals surface area contributed by atoms with Crippen LogP contribution in [0, 0.1) is 0 Å². The number of carbonyl (C=O) groups excluding carboxylic acids is 1. The van der Waals surface area contributed by atoms with E-state index in [9.17, 15) is 4.79 Å². The van der Waals surface area contributed by atoms with Crippen LogP contribution in [0.5, 0.6) is 5.75 Å². The number of rotatable bonds is 5. The minimum Gasteiger partial charge on any atom is -0.497 e. The number of hydrogen-bond acceptors (Lipinski definition) is 3. The molecule has 0 aromatic heterocycles. The highest BCUT2D eigenvalue weighted by molar-refractivity contribution is 5.70. The molecule has 4 nitrogen and oxygen atoms in total. The van der Waals surface area contributed by atoms with Crippen molar-refractivity contribution in [3.63, 3.8) is 0 Å². The third-order valence-corrected chi connectivity index (χ3v) is 2.37. The monoisotopic (exact) mass is 238 g/mol. The average molecular weight is 238 g/mol. The molecule has 0 aliphatic carbocycles. The zero-order valence-electron chi connectivity index (χ0n) is 10.6. The smallest absolute Gasteiger partial charge is 0.312 e. The molecule has 1 aromatic carbocycles. The summed E-state index contributed by atoms with van der Waals surface area (Å²) in [5.74, 6) is 0.585. The fourth-order valence-corrected chi connectivity index (χ4v) is 1.51. The fraction of sp³-hybridized carbons (Fsp3) is 0.462. The van der Waals surface area contributed by atoms with E-state index in [1.165, 1.54) is 0 Å². The molecule has 0 fully saturated rings. The Morgan fingerprint density at radius 3 is 2.35 bits per heavy atom. The van der Waals surface area contributed by atoms with E-state index >= 15 is 0 Å². The molecular weight excluding hydrogens is 218 g/mol. The lowest BCUT2D eigenvalue weighted by atomic mass is 10.0.